The number of hydrogen-bond donors (Lipinski definition) is 0. The Bertz CT molecular complexity index is 445. The lowest BCUT2D eigenvalue weighted by molar-refractivity contribution is -0.136. The summed E-state index contributed by atoms with van der Waals surface area (Å²) in [7, 11) is 0. The number of hydrogen-bond acceptors (Lipinski definition) is 2. The standard InChI is InChI=1S/C13H15Cl2NO2/c1-9(13(17)16-6-2-3-7-16)18-12-5-4-10(14)8-11(12)15/h4-5,8-9H,2-3,6-7H2,1H3/t9-/m1/s1. The number of benzene rings is 1. The van der Waals surface area contributed by atoms with Gasteiger partial charge < -0.3 is 9.64 Å². The molecule has 0 bridgehead atoms. The van der Waals surface area contributed by atoms with Gasteiger partial charge in [0.2, 0.25) is 0 Å². The topological polar surface area (TPSA) is 29.5 Å². The highest BCUT2D eigenvalue weighted by Crippen LogP contribution is 2.28. The fraction of sp³-hybridized carbons (Fsp3) is 0.462. The molecule has 1 aliphatic heterocycles. The van der Waals surface area contributed by atoms with Gasteiger partial charge in [-0.3, -0.25) is 4.79 Å². The van der Waals surface area contributed by atoms with Gasteiger partial charge >= 0.3 is 0 Å². The minimum Gasteiger partial charge on any atom is -0.479 e. The number of nitrogens with zero attached hydrogens (tertiary/aromatic N) is 1. The summed E-state index contributed by atoms with van der Waals surface area (Å²) in [5, 5.41) is 0.967. The monoisotopic (exact) mass is 287 g/mol. The molecular weight excluding hydrogens is 273 g/mol. The molecule has 1 amide bonds. The van der Waals surface area contributed by atoms with Crippen molar-refractivity contribution in [3.05, 3.63) is 28.2 Å². The zero-order valence-corrected chi connectivity index (χ0v) is 11.7. The normalized spacial score (nSPS) is 16.7. The molecule has 1 aromatic rings. The first-order valence-corrected chi connectivity index (χ1v) is 6.74. The predicted octanol–water partition coefficient (Wildman–Crippen LogP) is 3.38. The Balaban J connectivity index is 2.01. The van der Waals surface area contributed by atoms with E-state index in [-0.39, 0.29) is 5.91 Å². The van der Waals surface area contributed by atoms with Crippen molar-refractivity contribution in [3.63, 3.8) is 0 Å². The van der Waals surface area contributed by atoms with Crippen LogP contribution in [0.3, 0.4) is 0 Å². The van der Waals surface area contributed by atoms with E-state index in [4.69, 9.17) is 27.9 Å². The van der Waals surface area contributed by atoms with Gasteiger partial charge in [-0.25, -0.2) is 0 Å². The first kappa shape index (κ1) is 13.5. The van der Waals surface area contributed by atoms with Gasteiger partial charge in [-0.15, -0.1) is 0 Å². The van der Waals surface area contributed by atoms with Gasteiger partial charge in [0.1, 0.15) is 5.75 Å². The summed E-state index contributed by atoms with van der Waals surface area (Å²) in [5.74, 6) is 0.500. The van der Waals surface area contributed by atoms with Gasteiger partial charge in [-0.2, -0.15) is 0 Å². The molecule has 1 atom stereocenters. The van der Waals surface area contributed by atoms with E-state index in [9.17, 15) is 4.79 Å². The smallest absolute Gasteiger partial charge is 0.263 e. The van der Waals surface area contributed by atoms with Crippen LogP contribution in [-0.2, 0) is 4.79 Å². The van der Waals surface area contributed by atoms with Gasteiger partial charge in [-0.1, -0.05) is 23.2 Å². The van der Waals surface area contributed by atoms with Crippen LogP contribution in [0.2, 0.25) is 10.0 Å². The fourth-order valence-corrected chi connectivity index (χ4v) is 2.46. The number of amides is 1. The van der Waals surface area contributed by atoms with E-state index < -0.39 is 6.10 Å². The quantitative estimate of drug-likeness (QED) is 0.853. The number of carbonyl (C=O) groups is 1. The number of rotatable bonds is 3. The van der Waals surface area contributed by atoms with E-state index in [2.05, 4.69) is 0 Å². The molecule has 1 aliphatic rings. The van der Waals surface area contributed by atoms with Gasteiger partial charge in [0.25, 0.3) is 5.91 Å². The van der Waals surface area contributed by atoms with Gasteiger partial charge in [0, 0.05) is 18.1 Å². The second-order valence-electron chi connectivity index (χ2n) is 4.37. The Hall–Kier alpha value is -0.930. The van der Waals surface area contributed by atoms with Crippen LogP contribution >= 0.6 is 23.2 Å². The molecule has 1 aromatic carbocycles. The minimum absolute atomic E-state index is 0.0125. The van der Waals surface area contributed by atoms with E-state index in [1.165, 1.54) is 0 Å². The SMILES string of the molecule is C[C@@H](Oc1ccc(Cl)cc1Cl)C(=O)N1CCCC1. The summed E-state index contributed by atoms with van der Waals surface area (Å²) in [4.78, 5) is 13.9. The molecular formula is C13H15Cl2NO2. The molecule has 0 aliphatic carbocycles. The second kappa shape index (κ2) is 5.81. The van der Waals surface area contributed by atoms with Crippen LogP contribution in [0.25, 0.3) is 0 Å². The van der Waals surface area contributed by atoms with Crippen molar-refractivity contribution in [2.24, 2.45) is 0 Å². The van der Waals surface area contributed by atoms with E-state index in [1.54, 1.807) is 25.1 Å². The van der Waals surface area contributed by atoms with E-state index in [0.717, 1.165) is 25.9 Å². The van der Waals surface area contributed by atoms with Crippen molar-refractivity contribution in [1.82, 2.24) is 4.90 Å². The van der Waals surface area contributed by atoms with E-state index in [0.29, 0.717) is 15.8 Å². The van der Waals surface area contributed by atoms with Crippen LogP contribution in [-0.4, -0.2) is 30.0 Å². The van der Waals surface area contributed by atoms with Gasteiger partial charge in [0.05, 0.1) is 5.02 Å². The molecule has 3 nitrogen and oxygen atoms in total. The lowest BCUT2D eigenvalue weighted by atomic mass is 10.3. The zero-order chi connectivity index (χ0) is 13.1. The molecule has 1 fully saturated rings. The first-order valence-electron chi connectivity index (χ1n) is 5.98. The lowest BCUT2D eigenvalue weighted by Gasteiger charge is -2.21. The average Bonchev–Trinajstić information content (AvgIpc) is 2.85. The van der Waals surface area contributed by atoms with Crippen molar-refractivity contribution >= 4 is 29.1 Å². The Morgan fingerprint density at radius 1 is 1.33 bits per heavy atom. The van der Waals surface area contributed by atoms with Crippen LogP contribution in [0.4, 0.5) is 0 Å². The van der Waals surface area contributed by atoms with Crippen LogP contribution in [0.5, 0.6) is 5.75 Å². The number of ether oxygens (including phenoxy) is 1. The van der Waals surface area contributed by atoms with Crippen molar-refractivity contribution < 1.29 is 9.53 Å². The highest BCUT2D eigenvalue weighted by Gasteiger charge is 2.24. The molecule has 0 N–H and O–H groups in total. The van der Waals surface area contributed by atoms with Crippen LogP contribution in [0, 0.1) is 0 Å². The fourth-order valence-electron chi connectivity index (χ4n) is 2.01. The molecule has 5 heteroatoms. The molecule has 0 radical (unpaired) electrons. The summed E-state index contributed by atoms with van der Waals surface area (Å²) in [6.45, 7) is 3.38. The molecule has 1 saturated heterocycles. The molecule has 98 valence electrons. The van der Waals surface area contributed by atoms with E-state index >= 15 is 0 Å². The van der Waals surface area contributed by atoms with Gasteiger partial charge in [0.15, 0.2) is 6.10 Å². The maximum absolute atomic E-state index is 12.1. The van der Waals surface area contributed by atoms with Crippen LogP contribution in [0.15, 0.2) is 18.2 Å². The van der Waals surface area contributed by atoms with Crippen LogP contribution < -0.4 is 4.74 Å². The minimum atomic E-state index is -0.526. The van der Waals surface area contributed by atoms with Crippen molar-refractivity contribution in [2.45, 2.75) is 25.9 Å². The summed E-state index contributed by atoms with van der Waals surface area (Å²) in [5.41, 5.74) is 0. The molecule has 0 aromatic heterocycles. The molecule has 1 heterocycles. The Morgan fingerprint density at radius 3 is 2.61 bits per heavy atom. The largest absolute Gasteiger partial charge is 0.479 e. The van der Waals surface area contributed by atoms with Crippen molar-refractivity contribution in [1.29, 1.82) is 0 Å². The summed E-state index contributed by atoms with van der Waals surface area (Å²) >= 11 is 11.8. The lowest BCUT2D eigenvalue weighted by Crippen LogP contribution is -2.38. The number of halogens is 2. The van der Waals surface area contributed by atoms with E-state index in [1.807, 2.05) is 4.90 Å². The summed E-state index contributed by atoms with van der Waals surface area (Å²) in [6.07, 6.45) is 1.61. The summed E-state index contributed by atoms with van der Waals surface area (Å²) < 4.78 is 5.59. The molecule has 2 rings (SSSR count). The molecule has 0 unspecified atom stereocenters. The summed E-state index contributed by atoms with van der Waals surface area (Å²) in [6, 6.07) is 4.97. The average molecular weight is 288 g/mol. The predicted molar refractivity (Wildman–Crippen MR) is 72.4 cm³/mol. The zero-order valence-electron chi connectivity index (χ0n) is 10.2. The number of likely N-dealkylation sites (tertiary alicyclic amines) is 1. The molecule has 0 spiro atoms. The third-order valence-corrected chi connectivity index (χ3v) is 3.49. The third kappa shape index (κ3) is 3.09. The second-order valence-corrected chi connectivity index (χ2v) is 5.21. The Labute approximate surface area is 117 Å². The van der Waals surface area contributed by atoms with Crippen molar-refractivity contribution in [3.8, 4) is 5.75 Å². The molecule has 0 saturated carbocycles. The Morgan fingerprint density at radius 2 is 2.00 bits per heavy atom. The Kier molecular flexibility index (Phi) is 4.36. The third-order valence-electron chi connectivity index (χ3n) is 2.96. The number of carbonyl (C=O) groups excluding carboxylic acids is 1. The first-order chi connectivity index (χ1) is 8.58. The van der Waals surface area contributed by atoms with Crippen molar-refractivity contribution in [2.75, 3.05) is 13.1 Å². The highest BCUT2D eigenvalue weighted by molar-refractivity contribution is 6.35. The maximum Gasteiger partial charge on any atom is 0.263 e. The maximum atomic E-state index is 12.1. The highest BCUT2D eigenvalue weighted by atomic mass is 35.5. The van der Waals surface area contributed by atoms with Gasteiger partial charge in [-0.05, 0) is 38.0 Å². The van der Waals surface area contributed by atoms with Crippen LogP contribution in [0.1, 0.15) is 19.8 Å². The molecule has 18 heavy (non-hydrogen) atoms.